The number of hydrogen-bond donors (Lipinski definition) is 1. The fourth-order valence-electron chi connectivity index (χ4n) is 4.26. The average Bonchev–Trinajstić information content (AvgIpc) is 3.00. The molecule has 0 radical (unpaired) electrons. The summed E-state index contributed by atoms with van der Waals surface area (Å²) in [6.45, 7) is 2.67. The van der Waals surface area contributed by atoms with Crippen molar-refractivity contribution in [1.82, 2.24) is 10.2 Å². The van der Waals surface area contributed by atoms with Crippen LogP contribution in [0.1, 0.15) is 64.7 Å². The van der Waals surface area contributed by atoms with Gasteiger partial charge < -0.3 is 10.2 Å². The van der Waals surface area contributed by atoms with E-state index in [1.807, 2.05) is 11.8 Å². The first-order chi connectivity index (χ1) is 10.2. The molecular formula is C17H26N2O2. The van der Waals surface area contributed by atoms with Gasteiger partial charge in [0.15, 0.2) is 0 Å². The third-order valence-electron chi connectivity index (χ3n) is 5.43. The third kappa shape index (κ3) is 2.49. The third-order valence-corrected chi connectivity index (χ3v) is 5.43. The van der Waals surface area contributed by atoms with E-state index in [1.54, 1.807) is 0 Å². The first kappa shape index (κ1) is 14.6. The van der Waals surface area contributed by atoms with Crippen LogP contribution in [0.5, 0.6) is 0 Å². The molecule has 4 heteroatoms. The van der Waals surface area contributed by atoms with Gasteiger partial charge in [0, 0.05) is 24.7 Å². The maximum Gasteiger partial charge on any atom is 0.232 e. The maximum atomic E-state index is 13.0. The Morgan fingerprint density at radius 3 is 2.81 bits per heavy atom. The predicted molar refractivity (Wildman–Crippen MR) is 81.4 cm³/mol. The molecule has 0 aromatic rings. The summed E-state index contributed by atoms with van der Waals surface area (Å²) in [5.41, 5.74) is 0.549. The molecule has 2 aliphatic carbocycles. The highest BCUT2D eigenvalue weighted by atomic mass is 16.2. The number of amides is 2. The molecule has 1 saturated heterocycles. The van der Waals surface area contributed by atoms with E-state index in [1.165, 1.54) is 12.8 Å². The van der Waals surface area contributed by atoms with Gasteiger partial charge in [-0.05, 0) is 45.4 Å². The van der Waals surface area contributed by atoms with E-state index in [0.717, 1.165) is 37.8 Å². The smallest absolute Gasteiger partial charge is 0.232 e. The molecule has 0 aromatic heterocycles. The molecule has 1 saturated carbocycles. The lowest BCUT2D eigenvalue weighted by atomic mass is 9.69. The largest absolute Gasteiger partial charge is 0.353 e. The van der Waals surface area contributed by atoms with Gasteiger partial charge in [0.25, 0.3) is 0 Å². The summed E-state index contributed by atoms with van der Waals surface area (Å²) < 4.78 is 0. The van der Waals surface area contributed by atoms with Crippen LogP contribution in [0, 0.1) is 5.41 Å². The Kier molecular flexibility index (Phi) is 4.05. The molecule has 0 aromatic carbocycles. The minimum atomic E-state index is -0.440. The number of piperidine rings is 1. The van der Waals surface area contributed by atoms with Gasteiger partial charge in [-0.2, -0.15) is 0 Å². The highest BCUT2D eigenvalue weighted by Crippen LogP contribution is 2.47. The van der Waals surface area contributed by atoms with Crippen LogP contribution in [0.25, 0.3) is 0 Å². The monoisotopic (exact) mass is 290 g/mol. The molecule has 4 nitrogen and oxygen atoms in total. The van der Waals surface area contributed by atoms with Gasteiger partial charge in [0.1, 0.15) is 0 Å². The van der Waals surface area contributed by atoms with Gasteiger partial charge >= 0.3 is 0 Å². The van der Waals surface area contributed by atoms with Gasteiger partial charge in [-0.25, -0.2) is 0 Å². The fourth-order valence-corrected chi connectivity index (χ4v) is 4.26. The Hall–Kier alpha value is -1.32. The van der Waals surface area contributed by atoms with Crippen LogP contribution in [0.15, 0.2) is 11.8 Å². The van der Waals surface area contributed by atoms with Crippen LogP contribution in [-0.4, -0.2) is 29.3 Å². The van der Waals surface area contributed by atoms with Crippen LogP contribution in [-0.2, 0) is 9.59 Å². The average molecular weight is 290 g/mol. The Labute approximate surface area is 127 Å². The van der Waals surface area contributed by atoms with Crippen molar-refractivity contribution in [2.75, 3.05) is 6.54 Å². The molecule has 1 aliphatic heterocycles. The molecule has 116 valence electrons. The van der Waals surface area contributed by atoms with E-state index >= 15 is 0 Å². The number of carbonyl (C=O) groups excluding carboxylic acids is 2. The zero-order valence-corrected chi connectivity index (χ0v) is 13.0. The lowest BCUT2D eigenvalue weighted by Gasteiger charge is -2.46. The normalized spacial score (nSPS) is 30.0. The van der Waals surface area contributed by atoms with Gasteiger partial charge in [-0.1, -0.05) is 18.9 Å². The molecule has 3 rings (SSSR count). The van der Waals surface area contributed by atoms with Crippen molar-refractivity contribution in [2.24, 2.45) is 5.41 Å². The van der Waals surface area contributed by atoms with E-state index in [-0.39, 0.29) is 11.8 Å². The molecule has 0 spiro atoms. The molecule has 0 bridgehead atoms. The fraction of sp³-hybridized carbons (Fsp3) is 0.765. The zero-order valence-electron chi connectivity index (χ0n) is 13.0. The number of nitrogens with zero attached hydrogens (tertiary/aromatic N) is 1. The molecule has 2 fully saturated rings. The van der Waals surface area contributed by atoms with E-state index in [2.05, 4.69) is 11.4 Å². The van der Waals surface area contributed by atoms with Gasteiger partial charge in [-0.3, -0.25) is 9.59 Å². The summed E-state index contributed by atoms with van der Waals surface area (Å²) in [4.78, 5) is 27.0. The molecule has 3 aliphatic rings. The predicted octanol–water partition coefficient (Wildman–Crippen LogP) is 2.74. The van der Waals surface area contributed by atoms with Crippen molar-refractivity contribution in [2.45, 2.75) is 70.8 Å². The van der Waals surface area contributed by atoms with Crippen molar-refractivity contribution in [1.29, 1.82) is 0 Å². The van der Waals surface area contributed by atoms with Gasteiger partial charge in [0.2, 0.25) is 11.8 Å². The molecule has 1 N–H and O–H groups in total. The summed E-state index contributed by atoms with van der Waals surface area (Å²) in [7, 11) is 0. The summed E-state index contributed by atoms with van der Waals surface area (Å²) in [6, 6.07) is 0.350. The minimum Gasteiger partial charge on any atom is -0.353 e. The van der Waals surface area contributed by atoms with Crippen LogP contribution in [0.2, 0.25) is 0 Å². The Morgan fingerprint density at radius 1 is 1.33 bits per heavy atom. The van der Waals surface area contributed by atoms with Gasteiger partial charge in [0.05, 0.1) is 5.41 Å². The number of hydrogen-bond acceptors (Lipinski definition) is 2. The van der Waals surface area contributed by atoms with Crippen LogP contribution in [0.3, 0.4) is 0 Å². The lowest BCUT2D eigenvalue weighted by molar-refractivity contribution is -0.140. The molecule has 1 atom stereocenters. The van der Waals surface area contributed by atoms with Crippen LogP contribution < -0.4 is 5.32 Å². The second-order valence-electron chi connectivity index (χ2n) is 6.66. The first-order valence-electron chi connectivity index (χ1n) is 8.49. The number of rotatable bonds is 3. The van der Waals surface area contributed by atoms with Gasteiger partial charge in [-0.15, -0.1) is 0 Å². The summed E-state index contributed by atoms with van der Waals surface area (Å²) in [6.07, 6.45) is 10.9. The summed E-state index contributed by atoms with van der Waals surface area (Å²) >= 11 is 0. The highest BCUT2D eigenvalue weighted by molar-refractivity contribution is 5.91. The van der Waals surface area contributed by atoms with Crippen molar-refractivity contribution in [3.63, 3.8) is 0 Å². The Balaban J connectivity index is 1.85. The second kappa shape index (κ2) is 5.82. The van der Waals surface area contributed by atoms with Crippen LogP contribution in [0.4, 0.5) is 0 Å². The molecule has 1 unspecified atom stereocenters. The Bertz CT molecular complexity index is 465. The minimum absolute atomic E-state index is 0.173. The molecule has 2 amide bonds. The van der Waals surface area contributed by atoms with E-state index in [4.69, 9.17) is 0 Å². The molecular weight excluding hydrogens is 264 g/mol. The van der Waals surface area contributed by atoms with Crippen LogP contribution >= 0.6 is 0 Å². The van der Waals surface area contributed by atoms with E-state index in [0.29, 0.717) is 25.4 Å². The van der Waals surface area contributed by atoms with Crippen molar-refractivity contribution >= 4 is 11.8 Å². The number of allylic oxidation sites excluding steroid dienone is 1. The van der Waals surface area contributed by atoms with Crippen molar-refractivity contribution in [3.05, 3.63) is 11.8 Å². The number of likely N-dealkylation sites (tertiary alicyclic amines) is 1. The molecule has 21 heavy (non-hydrogen) atoms. The zero-order chi connectivity index (χ0) is 14.9. The summed E-state index contributed by atoms with van der Waals surface area (Å²) in [5, 5.41) is 3.28. The second-order valence-corrected chi connectivity index (χ2v) is 6.66. The van der Waals surface area contributed by atoms with Crippen molar-refractivity contribution < 1.29 is 9.59 Å². The summed E-state index contributed by atoms with van der Waals surface area (Å²) in [5.74, 6) is 0.348. The standard InChI is InChI=1S/C17H26N2O2/c1-2-19-14-9-5-6-11-17(14,12-10-15(19)20)16(21)18-13-7-3-4-8-13/h9,13H,2-8,10-12H2,1H3,(H,18,21). The number of nitrogens with one attached hydrogen (secondary N) is 1. The van der Waals surface area contributed by atoms with E-state index < -0.39 is 5.41 Å². The first-order valence-corrected chi connectivity index (χ1v) is 8.49. The maximum absolute atomic E-state index is 13.0. The highest BCUT2D eigenvalue weighted by Gasteiger charge is 2.49. The van der Waals surface area contributed by atoms with E-state index in [9.17, 15) is 9.59 Å². The Morgan fingerprint density at radius 2 is 2.10 bits per heavy atom. The number of carbonyl (C=O) groups is 2. The quantitative estimate of drug-likeness (QED) is 0.869. The molecule has 1 heterocycles. The number of fused-ring (bicyclic) bond motifs is 1. The topological polar surface area (TPSA) is 49.4 Å². The van der Waals surface area contributed by atoms with Crippen molar-refractivity contribution in [3.8, 4) is 0 Å². The SMILES string of the molecule is CCN1C(=O)CCC2(C(=O)NC3CCCC3)CCCC=C12. The lowest BCUT2D eigenvalue weighted by Crippen LogP contribution is -2.54.